The lowest BCUT2D eigenvalue weighted by atomic mass is 9.87. The fourth-order valence-electron chi connectivity index (χ4n) is 4.90. The summed E-state index contributed by atoms with van der Waals surface area (Å²) < 4.78 is 2.38. The Morgan fingerprint density at radius 2 is 1.26 bits per heavy atom. The summed E-state index contributed by atoms with van der Waals surface area (Å²) in [5.41, 5.74) is 7.83. The molecule has 0 aliphatic carbocycles. The smallest absolute Gasteiger partial charge is 0.146 e. The average molecular weight is 409 g/mol. The van der Waals surface area contributed by atoms with Crippen molar-refractivity contribution in [2.24, 2.45) is 10.8 Å². The Balaban J connectivity index is 1.87. The molecule has 0 saturated heterocycles. The first-order chi connectivity index (χ1) is 14.6. The Morgan fingerprint density at radius 3 is 1.94 bits per heavy atom. The first-order valence-electron chi connectivity index (χ1n) is 11.3. The standard InChI is InChI=1S/C29H32N2/c1-28(2,3)17-19-12-14-25-23(15-19)21-9-7-8-10-22(21)27-30-24-13-11-20(18-29(4,5)6)16-26(24)31(25)27/h7-16H,17-18H2,1-6H3. The van der Waals surface area contributed by atoms with Crippen LogP contribution in [0.2, 0.25) is 0 Å². The van der Waals surface area contributed by atoms with Gasteiger partial charge in [0, 0.05) is 10.8 Å². The van der Waals surface area contributed by atoms with Crippen molar-refractivity contribution in [3.05, 3.63) is 71.8 Å². The van der Waals surface area contributed by atoms with Crippen LogP contribution in [0.4, 0.5) is 0 Å². The number of pyridine rings is 1. The molecule has 0 aliphatic heterocycles. The van der Waals surface area contributed by atoms with Crippen LogP contribution in [0.25, 0.3) is 38.4 Å². The third-order valence-corrected chi connectivity index (χ3v) is 5.95. The van der Waals surface area contributed by atoms with Gasteiger partial charge in [0.15, 0.2) is 0 Å². The molecule has 0 unspecified atom stereocenters. The van der Waals surface area contributed by atoms with E-state index in [1.165, 1.54) is 38.3 Å². The molecule has 3 aromatic carbocycles. The lowest BCUT2D eigenvalue weighted by Gasteiger charge is -2.19. The van der Waals surface area contributed by atoms with Crippen molar-refractivity contribution in [3.63, 3.8) is 0 Å². The molecule has 158 valence electrons. The van der Waals surface area contributed by atoms with Crippen LogP contribution in [0.3, 0.4) is 0 Å². The van der Waals surface area contributed by atoms with Crippen molar-refractivity contribution in [2.45, 2.75) is 54.4 Å². The first-order valence-corrected chi connectivity index (χ1v) is 11.3. The number of hydrogen-bond donors (Lipinski definition) is 0. The number of hydrogen-bond acceptors (Lipinski definition) is 1. The molecule has 0 amide bonds. The van der Waals surface area contributed by atoms with Crippen LogP contribution < -0.4 is 0 Å². The van der Waals surface area contributed by atoms with E-state index in [9.17, 15) is 0 Å². The molecule has 0 N–H and O–H groups in total. The molecule has 0 saturated carbocycles. The molecular formula is C29H32N2. The zero-order valence-corrected chi connectivity index (χ0v) is 19.6. The van der Waals surface area contributed by atoms with Gasteiger partial charge in [-0.1, -0.05) is 77.9 Å². The summed E-state index contributed by atoms with van der Waals surface area (Å²) in [6.45, 7) is 13.8. The van der Waals surface area contributed by atoms with Gasteiger partial charge in [0.2, 0.25) is 0 Å². The number of benzene rings is 3. The Kier molecular flexibility index (Phi) is 4.41. The molecule has 0 bridgehead atoms. The number of aromatic nitrogens is 2. The molecule has 0 radical (unpaired) electrons. The van der Waals surface area contributed by atoms with Gasteiger partial charge in [0.25, 0.3) is 0 Å². The summed E-state index contributed by atoms with van der Waals surface area (Å²) in [6.07, 6.45) is 2.12. The minimum absolute atomic E-state index is 0.255. The molecule has 2 nitrogen and oxygen atoms in total. The third-order valence-electron chi connectivity index (χ3n) is 5.95. The minimum atomic E-state index is 0.255. The van der Waals surface area contributed by atoms with Crippen molar-refractivity contribution < 1.29 is 0 Å². The van der Waals surface area contributed by atoms with Crippen LogP contribution in [-0.4, -0.2) is 9.38 Å². The van der Waals surface area contributed by atoms with E-state index in [-0.39, 0.29) is 10.8 Å². The van der Waals surface area contributed by atoms with E-state index in [4.69, 9.17) is 4.98 Å². The topological polar surface area (TPSA) is 17.3 Å². The maximum atomic E-state index is 5.08. The highest BCUT2D eigenvalue weighted by Gasteiger charge is 2.17. The summed E-state index contributed by atoms with van der Waals surface area (Å²) in [5, 5.41) is 3.81. The Hall–Kier alpha value is -2.87. The van der Waals surface area contributed by atoms with E-state index in [0.29, 0.717) is 0 Å². The molecule has 2 heterocycles. The lowest BCUT2D eigenvalue weighted by molar-refractivity contribution is 0.411. The summed E-state index contributed by atoms with van der Waals surface area (Å²) in [5.74, 6) is 0. The summed E-state index contributed by atoms with van der Waals surface area (Å²) >= 11 is 0. The van der Waals surface area contributed by atoms with Crippen LogP contribution in [0.5, 0.6) is 0 Å². The Bertz CT molecular complexity index is 1440. The van der Waals surface area contributed by atoms with Gasteiger partial charge in [-0.05, 0) is 64.5 Å². The second-order valence-electron chi connectivity index (χ2n) is 11.5. The van der Waals surface area contributed by atoms with E-state index in [2.05, 4.69) is 107 Å². The first kappa shape index (κ1) is 20.1. The SMILES string of the molecule is CC(C)(C)Cc1ccc2c(c1)c1ccccc1c1nc3ccc(CC(C)(C)C)cc3n21. The van der Waals surface area contributed by atoms with Gasteiger partial charge in [-0.2, -0.15) is 0 Å². The van der Waals surface area contributed by atoms with Crippen LogP contribution >= 0.6 is 0 Å². The fourth-order valence-corrected chi connectivity index (χ4v) is 4.90. The van der Waals surface area contributed by atoms with Crippen LogP contribution in [-0.2, 0) is 12.8 Å². The average Bonchev–Trinajstić information content (AvgIpc) is 3.05. The molecular weight excluding hydrogens is 376 g/mol. The van der Waals surface area contributed by atoms with Gasteiger partial charge in [0.1, 0.15) is 5.65 Å². The highest BCUT2D eigenvalue weighted by Crippen LogP contribution is 2.34. The second-order valence-corrected chi connectivity index (χ2v) is 11.5. The molecule has 0 atom stereocenters. The van der Waals surface area contributed by atoms with Gasteiger partial charge < -0.3 is 0 Å². The maximum Gasteiger partial charge on any atom is 0.146 e. The second kappa shape index (κ2) is 6.82. The van der Waals surface area contributed by atoms with Gasteiger partial charge in [0.05, 0.1) is 16.6 Å². The van der Waals surface area contributed by atoms with Crippen LogP contribution in [0.1, 0.15) is 52.7 Å². The van der Waals surface area contributed by atoms with Crippen molar-refractivity contribution in [2.75, 3.05) is 0 Å². The van der Waals surface area contributed by atoms with Crippen molar-refractivity contribution in [1.82, 2.24) is 9.38 Å². The quantitative estimate of drug-likeness (QED) is 0.271. The fraction of sp³-hybridized carbons (Fsp3) is 0.345. The van der Waals surface area contributed by atoms with Crippen molar-refractivity contribution >= 4 is 38.4 Å². The van der Waals surface area contributed by atoms with Gasteiger partial charge in [-0.15, -0.1) is 0 Å². The predicted octanol–water partition coefficient (Wildman–Crippen LogP) is 7.97. The van der Waals surface area contributed by atoms with Crippen molar-refractivity contribution in [1.29, 1.82) is 0 Å². The van der Waals surface area contributed by atoms with Gasteiger partial charge in [-0.3, -0.25) is 4.40 Å². The highest BCUT2D eigenvalue weighted by molar-refractivity contribution is 6.13. The molecule has 2 aromatic heterocycles. The summed E-state index contributed by atoms with van der Waals surface area (Å²) in [6, 6.07) is 22.5. The highest BCUT2D eigenvalue weighted by atomic mass is 15.0. The molecule has 0 fully saturated rings. The largest absolute Gasteiger partial charge is 0.292 e. The molecule has 0 aliphatic rings. The molecule has 0 spiro atoms. The Morgan fingerprint density at radius 1 is 0.645 bits per heavy atom. The number of nitrogens with zero attached hydrogens (tertiary/aromatic N) is 2. The van der Waals surface area contributed by atoms with E-state index in [0.717, 1.165) is 24.0 Å². The van der Waals surface area contributed by atoms with E-state index < -0.39 is 0 Å². The van der Waals surface area contributed by atoms with E-state index in [1.54, 1.807) is 0 Å². The number of fused-ring (bicyclic) bond motifs is 8. The van der Waals surface area contributed by atoms with E-state index in [1.807, 2.05) is 0 Å². The monoisotopic (exact) mass is 408 g/mol. The Labute approximate surface area is 184 Å². The lowest BCUT2D eigenvalue weighted by Crippen LogP contribution is -2.09. The maximum absolute atomic E-state index is 5.08. The molecule has 31 heavy (non-hydrogen) atoms. The third kappa shape index (κ3) is 3.69. The molecule has 5 aromatic rings. The normalized spacial score (nSPS) is 13.1. The minimum Gasteiger partial charge on any atom is -0.292 e. The number of rotatable bonds is 2. The van der Waals surface area contributed by atoms with Gasteiger partial charge >= 0.3 is 0 Å². The molecule has 2 heteroatoms. The molecule has 5 rings (SSSR count). The summed E-state index contributed by atoms with van der Waals surface area (Å²) in [4.78, 5) is 5.08. The van der Waals surface area contributed by atoms with Crippen LogP contribution in [0, 0.1) is 10.8 Å². The zero-order chi connectivity index (χ0) is 22.0. The van der Waals surface area contributed by atoms with E-state index >= 15 is 0 Å². The van der Waals surface area contributed by atoms with Crippen molar-refractivity contribution in [3.8, 4) is 0 Å². The zero-order valence-electron chi connectivity index (χ0n) is 19.6. The van der Waals surface area contributed by atoms with Gasteiger partial charge in [-0.25, -0.2) is 4.98 Å². The number of imidazole rings is 1. The summed E-state index contributed by atoms with van der Waals surface area (Å²) in [7, 11) is 0. The van der Waals surface area contributed by atoms with Crippen LogP contribution in [0.15, 0.2) is 60.7 Å². The predicted molar refractivity (Wildman–Crippen MR) is 134 cm³/mol.